The molecule has 1 aromatic rings. The molecule has 1 aromatic heterocycles. The number of nitrogens with two attached hydrogens (primary N) is 1. The van der Waals surface area contributed by atoms with Crippen molar-refractivity contribution in [2.45, 2.75) is 25.5 Å². The first-order chi connectivity index (χ1) is 7.59. The first-order valence-electron chi connectivity index (χ1n) is 5.45. The summed E-state index contributed by atoms with van der Waals surface area (Å²) in [6, 6.07) is 3.75. The van der Waals surface area contributed by atoms with Gasteiger partial charge in [-0.05, 0) is 25.5 Å². The fourth-order valence-corrected chi connectivity index (χ4v) is 2.06. The molecule has 1 aliphatic rings. The van der Waals surface area contributed by atoms with Crippen molar-refractivity contribution in [1.29, 1.82) is 0 Å². The number of rotatable bonds is 3. The van der Waals surface area contributed by atoms with Gasteiger partial charge in [-0.25, -0.2) is 0 Å². The predicted octanol–water partition coefficient (Wildman–Crippen LogP) is 0.324. The molecule has 0 bridgehead atoms. The van der Waals surface area contributed by atoms with Crippen molar-refractivity contribution in [3.05, 3.63) is 24.0 Å². The zero-order valence-electron chi connectivity index (χ0n) is 9.48. The quantitative estimate of drug-likeness (QED) is 0.507. The third-order valence-corrected chi connectivity index (χ3v) is 2.90. The van der Waals surface area contributed by atoms with E-state index < -0.39 is 5.60 Å². The van der Waals surface area contributed by atoms with E-state index in [0.717, 1.165) is 30.9 Å². The van der Waals surface area contributed by atoms with E-state index in [4.69, 9.17) is 5.84 Å². The molecule has 0 aromatic carbocycles. The van der Waals surface area contributed by atoms with Crippen molar-refractivity contribution in [1.82, 2.24) is 9.88 Å². The standard InChI is InChI=1S/C11H18N4O/c1-11(16)3-5-15(8-11)7-10-6-9(14-12)2-4-13-10/h2,4,6,16H,3,5,7-8,12H2,1H3,(H,13,14). The molecule has 1 unspecified atom stereocenters. The number of aromatic nitrogens is 1. The summed E-state index contributed by atoms with van der Waals surface area (Å²) >= 11 is 0. The number of hydrazine groups is 1. The lowest BCUT2D eigenvalue weighted by atomic mass is 10.1. The maximum atomic E-state index is 9.85. The van der Waals surface area contributed by atoms with Crippen molar-refractivity contribution in [2.75, 3.05) is 18.5 Å². The maximum absolute atomic E-state index is 9.85. The van der Waals surface area contributed by atoms with Gasteiger partial charge in [0.1, 0.15) is 0 Å². The highest BCUT2D eigenvalue weighted by atomic mass is 16.3. The molecule has 0 aliphatic carbocycles. The van der Waals surface area contributed by atoms with Gasteiger partial charge in [0, 0.05) is 25.8 Å². The summed E-state index contributed by atoms with van der Waals surface area (Å²) in [7, 11) is 0. The van der Waals surface area contributed by atoms with Crippen LogP contribution in [0.2, 0.25) is 0 Å². The van der Waals surface area contributed by atoms with Gasteiger partial charge in [0.15, 0.2) is 0 Å². The van der Waals surface area contributed by atoms with Gasteiger partial charge in [-0.1, -0.05) is 0 Å². The van der Waals surface area contributed by atoms with Gasteiger partial charge >= 0.3 is 0 Å². The van der Waals surface area contributed by atoms with E-state index in [1.165, 1.54) is 0 Å². The Balaban J connectivity index is 1.99. The number of aliphatic hydroxyl groups is 1. The molecule has 1 fully saturated rings. The SMILES string of the molecule is CC1(O)CCN(Cc2cc(NN)ccn2)C1. The number of hydrogen-bond acceptors (Lipinski definition) is 5. The molecule has 2 rings (SSSR count). The van der Waals surface area contributed by atoms with E-state index in [-0.39, 0.29) is 0 Å². The van der Waals surface area contributed by atoms with E-state index in [2.05, 4.69) is 15.3 Å². The first-order valence-corrected chi connectivity index (χ1v) is 5.45. The second-order valence-corrected chi connectivity index (χ2v) is 4.64. The molecule has 0 saturated carbocycles. The van der Waals surface area contributed by atoms with E-state index in [9.17, 15) is 5.11 Å². The Kier molecular flexibility index (Phi) is 3.09. The summed E-state index contributed by atoms with van der Waals surface area (Å²) in [5, 5.41) is 9.85. The minimum Gasteiger partial charge on any atom is -0.389 e. The number of nitrogen functional groups attached to an aromatic ring is 1. The number of nitrogens with zero attached hydrogens (tertiary/aromatic N) is 2. The lowest BCUT2D eigenvalue weighted by Gasteiger charge is -2.18. The summed E-state index contributed by atoms with van der Waals surface area (Å²) in [4.78, 5) is 6.48. The minimum absolute atomic E-state index is 0.552. The molecule has 2 heterocycles. The second-order valence-electron chi connectivity index (χ2n) is 4.64. The van der Waals surface area contributed by atoms with Gasteiger partial charge in [-0.3, -0.25) is 15.7 Å². The Bertz CT molecular complexity index is 367. The van der Waals surface area contributed by atoms with E-state index >= 15 is 0 Å². The number of hydrogen-bond donors (Lipinski definition) is 3. The van der Waals surface area contributed by atoms with Crippen LogP contribution in [-0.2, 0) is 6.54 Å². The summed E-state index contributed by atoms with van der Waals surface area (Å²) in [6.45, 7) is 4.24. The molecule has 4 N–H and O–H groups in total. The number of nitrogens with one attached hydrogen (secondary N) is 1. The van der Waals surface area contributed by atoms with Gasteiger partial charge in [0.2, 0.25) is 0 Å². The molecule has 5 heteroatoms. The zero-order valence-corrected chi connectivity index (χ0v) is 9.48. The van der Waals surface area contributed by atoms with Crippen LogP contribution < -0.4 is 11.3 Å². The third kappa shape index (κ3) is 2.69. The van der Waals surface area contributed by atoms with Crippen LogP contribution in [0.15, 0.2) is 18.3 Å². The van der Waals surface area contributed by atoms with Gasteiger partial charge in [-0.2, -0.15) is 0 Å². The molecular weight excluding hydrogens is 204 g/mol. The lowest BCUT2D eigenvalue weighted by Crippen LogP contribution is -2.29. The van der Waals surface area contributed by atoms with E-state index in [1.807, 2.05) is 19.1 Å². The molecule has 88 valence electrons. The van der Waals surface area contributed by atoms with Crippen LogP contribution in [0.25, 0.3) is 0 Å². The molecule has 0 spiro atoms. The number of likely N-dealkylation sites (tertiary alicyclic amines) is 1. The molecular formula is C11H18N4O. The molecule has 5 nitrogen and oxygen atoms in total. The van der Waals surface area contributed by atoms with Crippen LogP contribution in [0.1, 0.15) is 19.0 Å². The van der Waals surface area contributed by atoms with Crippen molar-refractivity contribution < 1.29 is 5.11 Å². The maximum Gasteiger partial charge on any atom is 0.0758 e. The Hall–Kier alpha value is -1.17. The zero-order chi connectivity index (χ0) is 11.6. The predicted molar refractivity (Wildman–Crippen MR) is 62.6 cm³/mol. The Morgan fingerprint density at radius 1 is 1.69 bits per heavy atom. The average Bonchev–Trinajstić information content (AvgIpc) is 2.58. The van der Waals surface area contributed by atoms with Crippen LogP contribution in [0.4, 0.5) is 5.69 Å². The van der Waals surface area contributed by atoms with Crippen LogP contribution in [-0.4, -0.2) is 33.7 Å². The highest BCUT2D eigenvalue weighted by molar-refractivity contribution is 5.41. The highest BCUT2D eigenvalue weighted by Crippen LogP contribution is 2.21. The molecule has 0 radical (unpaired) electrons. The number of anilines is 1. The molecule has 1 saturated heterocycles. The minimum atomic E-state index is -0.552. The fourth-order valence-electron chi connectivity index (χ4n) is 2.06. The topological polar surface area (TPSA) is 74.4 Å². The molecule has 1 aliphatic heterocycles. The van der Waals surface area contributed by atoms with Crippen molar-refractivity contribution in [3.63, 3.8) is 0 Å². The molecule has 16 heavy (non-hydrogen) atoms. The van der Waals surface area contributed by atoms with Crippen LogP contribution in [0.3, 0.4) is 0 Å². The summed E-state index contributed by atoms with van der Waals surface area (Å²) in [5.74, 6) is 5.34. The van der Waals surface area contributed by atoms with Gasteiger partial charge in [0.05, 0.1) is 17.0 Å². The molecule has 0 amide bonds. The first kappa shape index (κ1) is 11.3. The van der Waals surface area contributed by atoms with Gasteiger partial charge in [0.25, 0.3) is 0 Å². The van der Waals surface area contributed by atoms with Crippen LogP contribution in [0.5, 0.6) is 0 Å². The van der Waals surface area contributed by atoms with Crippen LogP contribution in [0, 0.1) is 0 Å². The number of pyridine rings is 1. The summed E-state index contributed by atoms with van der Waals surface area (Å²) in [5.41, 5.74) is 3.87. The highest BCUT2D eigenvalue weighted by Gasteiger charge is 2.31. The Morgan fingerprint density at radius 3 is 3.12 bits per heavy atom. The van der Waals surface area contributed by atoms with E-state index in [1.54, 1.807) is 6.20 Å². The smallest absolute Gasteiger partial charge is 0.0758 e. The van der Waals surface area contributed by atoms with Gasteiger partial charge < -0.3 is 10.5 Å². The average molecular weight is 222 g/mol. The van der Waals surface area contributed by atoms with Crippen molar-refractivity contribution in [3.8, 4) is 0 Å². The second kappa shape index (κ2) is 4.37. The Labute approximate surface area is 95.2 Å². The fraction of sp³-hybridized carbons (Fsp3) is 0.545. The van der Waals surface area contributed by atoms with Crippen LogP contribution >= 0.6 is 0 Å². The third-order valence-electron chi connectivity index (χ3n) is 2.90. The monoisotopic (exact) mass is 222 g/mol. The summed E-state index contributed by atoms with van der Waals surface area (Å²) in [6.07, 6.45) is 2.56. The number of β-amino-alcohol motifs (C(OH)–C–C–N with tert-alkyl or cyclic N) is 1. The lowest BCUT2D eigenvalue weighted by molar-refractivity contribution is 0.0677. The van der Waals surface area contributed by atoms with E-state index in [0.29, 0.717) is 6.54 Å². The van der Waals surface area contributed by atoms with Crippen molar-refractivity contribution in [2.24, 2.45) is 5.84 Å². The summed E-state index contributed by atoms with van der Waals surface area (Å²) < 4.78 is 0. The normalized spacial score (nSPS) is 25.9. The van der Waals surface area contributed by atoms with Gasteiger partial charge in [-0.15, -0.1) is 0 Å². The van der Waals surface area contributed by atoms with Crippen molar-refractivity contribution >= 4 is 5.69 Å². The molecule has 1 atom stereocenters. The largest absolute Gasteiger partial charge is 0.389 e. The Morgan fingerprint density at radius 2 is 2.50 bits per heavy atom.